The van der Waals surface area contributed by atoms with E-state index in [1.165, 1.54) is 11.1 Å². The molecule has 2 aromatic heterocycles. The lowest BCUT2D eigenvalue weighted by atomic mass is 10.2. The smallest absolute Gasteiger partial charge is 0.106 e. The molecular weight excluding hydrogens is 408 g/mol. The lowest BCUT2D eigenvalue weighted by molar-refractivity contribution is 0.122. The number of pyridine rings is 2. The highest BCUT2D eigenvalue weighted by Crippen LogP contribution is 2.13. The van der Waals surface area contributed by atoms with E-state index in [1.807, 2.05) is 24.5 Å². The van der Waals surface area contributed by atoms with Gasteiger partial charge in [0.15, 0.2) is 0 Å². The van der Waals surface area contributed by atoms with Gasteiger partial charge in [0.2, 0.25) is 0 Å². The van der Waals surface area contributed by atoms with Crippen molar-refractivity contribution in [2.45, 2.75) is 13.1 Å². The van der Waals surface area contributed by atoms with Crippen molar-refractivity contribution < 1.29 is 0 Å². The molecule has 0 radical (unpaired) electrons. The maximum absolute atomic E-state index is 4.29. The van der Waals surface area contributed by atoms with Gasteiger partial charge >= 0.3 is 0 Å². The second-order valence-electron chi connectivity index (χ2n) is 5.53. The molecular formula is C16H18Br2N4. The Hall–Kier alpha value is -0.820. The molecule has 0 amide bonds. The molecule has 0 atom stereocenters. The fraction of sp³-hybridized carbons (Fsp3) is 0.375. The van der Waals surface area contributed by atoms with Gasteiger partial charge in [-0.05, 0) is 55.1 Å². The summed E-state index contributed by atoms with van der Waals surface area (Å²) in [6.45, 7) is 6.35. The van der Waals surface area contributed by atoms with Crippen LogP contribution in [0.4, 0.5) is 0 Å². The highest BCUT2D eigenvalue weighted by atomic mass is 79.9. The summed E-state index contributed by atoms with van der Waals surface area (Å²) in [6.07, 6.45) is 3.90. The van der Waals surface area contributed by atoms with Crippen molar-refractivity contribution in [3.8, 4) is 0 Å². The maximum Gasteiger partial charge on any atom is 0.106 e. The van der Waals surface area contributed by atoms with Crippen molar-refractivity contribution in [2.75, 3.05) is 26.2 Å². The highest BCUT2D eigenvalue weighted by Gasteiger charge is 2.17. The molecule has 0 bridgehead atoms. The van der Waals surface area contributed by atoms with Gasteiger partial charge in [-0.25, -0.2) is 9.97 Å². The zero-order valence-corrected chi connectivity index (χ0v) is 15.4. The standard InChI is InChI=1S/C16H18Br2N4/c17-15-3-1-13(9-19-15)11-21-5-7-22(8-6-21)12-14-2-4-16(18)20-10-14/h1-4,9-10H,5-8,11-12H2. The van der Waals surface area contributed by atoms with Gasteiger partial charge in [-0.2, -0.15) is 0 Å². The molecule has 0 spiro atoms. The van der Waals surface area contributed by atoms with E-state index < -0.39 is 0 Å². The van der Waals surface area contributed by atoms with Gasteiger partial charge in [0.25, 0.3) is 0 Å². The number of piperazine rings is 1. The molecule has 2 aromatic rings. The van der Waals surface area contributed by atoms with E-state index in [2.05, 4.69) is 63.8 Å². The Kier molecular flexibility index (Phi) is 5.57. The Morgan fingerprint density at radius 2 is 1.14 bits per heavy atom. The number of hydrogen-bond donors (Lipinski definition) is 0. The van der Waals surface area contributed by atoms with Crippen molar-refractivity contribution in [3.63, 3.8) is 0 Å². The van der Waals surface area contributed by atoms with Crippen LogP contribution in [0.2, 0.25) is 0 Å². The minimum Gasteiger partial charge on any atom is -0.296 e. The fourth-order valence-corrected chi connectivity index (χ4v) is 3.09. The monoisotopic (exact) mass is 424 g/mol. The van der Waals surface area contributed by atoms with Crippen LogP contribution in [0.25, 0.3) is 0 Å². The molecule has 3 rings (SSSR count). The van der Waals surface area contributed by atoms with E-state index in [9.17, 15) is 0 Å². The van der Waals surface area contributed by atoms with Gasteiger partial charge < -0.3 is 0 Å². The number of rotatable bonds is 4. The minimum atomic E-state index is 0.893. The van der Waals surface area contributed by atoms with Crippen molar-refractivity contribution in [3.05, 3.63) is 57.0 Å². The topological polar surface area (TPSA) is 32.3 Å². The summed E-state index contributed by atoms with van der Waals surface area (Å²) in [4.78, 5) is 13.6. The molecule has 1 saturated heterocycles. The Morgan fingerprint density at radius 1 is 0.727 bits per heavy atom. The first-order valence-electron chi connectivity index (χ1n) is 7.34. The van der Waals surface area contributed by atoms with E-state index in [4.69, 9.17) is 0 Å². The van der Waals surface area contributed by atoms with Crippen LogP contribution in [0.3, 0.4) is 0 Å². The Labute approximate surface area is 147 Å². The molecule has 3 heterocycles. The number of hydrogen-bond acceptors (Lipinski definition) is 4. The van der Waals surface area contributed by atoms with Crippen molar-refractivity contribution >= 4 is 31.9 Å². The van der Waals surface area contributed by atoms with Gasteiger partial charge in [0, 0.05) is 51.7 Å². The normalized spacial score (nSPS) is 16.8. The zero-order valence-electron chi connectivity index (χ0n) is 12.3. The van der Waals surface area contributed by atoms with E-state index >= 15 is 0 Å². The summed E-state index contributed by atoms with van der Waals surface area (Å²) >= 11 is 6.75. The van der Waals surface area contributed by atoms with Crippen LogP contribution in [0.1, 0.15) is 11.1 Å². The van der Waals surface area contributed by atoms with Crippen molar-refractivity contribution in [1.82, 2.24) is 19.8 Å². The molecule has 0 saturated carbocycles. The van der Waals surface area contributed by atoms with Crippen LogP contribution < -0.4 is 0 Å². The summed E-state index contributed by atoms with van der Waals surface area (Å²) < 4.78 is 1.79. The lowest BCUT2D eigenvalue weighted by Crippen LogP contribution is -2.45. The van der Waals surface area contributed by atoms with E-state index in [1.54, 1.807) is 0 Å². The Morgan fingerprint density at radius 3 is 1.45 bits per heavy atom. The molecule has 0 aliphatic carbocycles. The molecule has 6 heteroatoms. The van der Waals surface area contributed by atoms with Gasteiger partial charge in [0.05, 0.1) is 0 Å². The van der Waals surface area contributed by atoms with Crippen LogP contribution in [-0.4, -0.2) is 45.9 Å². The molecule has 0 aromatic carbocycles. The lowest BCUT2D eigenvalue weighted by Gasteiger charge is -2.34. The molecule has 1 aliphatic rings. The average Bonchev–Trinajstić information content (AvgIpc) is 2.54. The first-order valence-corrected chi connectivity index (χ1v) is 8.93. The van der Waals surface area contributed by atoms with Gasteiger partial charge in [-0.3, -0.25) is 9.80 Å². The molecule has 1 fully saturated rings. The number of aromatic nitrogens is 2. The molecule has 22 heavy (non-hydrogen) atoms. The Balaban J connectivity index is 1.47. The van der Waals surface area contributed by atoms with Gasteiger partial charge in [-0.15, -0.1) is 0 Å². The molecule has 0 N–H and O–H groups in total. The first-order chi connectivity index (χ1) is 10.7. The average molecular weight is 426 g/mol. The number of nitrogens with zero attached hydrogens (tertiary/aromatic N) is 4. The van der Waals surface area contributed by atoms with Gasteiger partial charge in [-0.1, -0.05) is 12.1 Å². The maximum atomic E-state index is 4.29. The Bertz CT molecular complexity index is 537. The third kappa shape index (κ3) is 4.59. The zero-order chi connectivity index (χ0) is 15.4. The first kappa shape index (κ1) is 16.1. The molecule has 4 nitrogen and oxygen atoms in total. The third-order valence-corrected chi connectivity index (χ3v) is 4.79. The molecule has 0 unspecified atom stereocenters. The predicted octanol–water partition coefficient (Wildman–Crippen LogP) is 3.32. The van der Waals surface area contributed by atoms with Crippen LogP contribution in [0.15, 0.2) is 45.9 Å². The number of halogens is 2. The third-order valence-electron chi connectivity index (χ3n) is 3.85. The minimum absolute atomic E-state index is 0.893. The van der Waals surface area contributed by atoms with E-state index in [0.29, 0.717) is 0 Å². The second-order valence-corrected chi connectivity index (χ2v) is 7.16. The summed E-state index contributed by atoms with van der Waals surface area (Å²) in [5, 5.41) is 0. The van der Waals surface area contributed by atoms with Crippen LogP contribution in [0.5, 0.6) is 0 Å². The van der Waals surface area contributed by atoms with E-state index in [0.717, 1.165) is 48.5 Å². The summed E-state index contributed by atoms with van der Waals surface area (Å²) in [5.74, 6) is 0. The second kappa shape index (κ2) is 7.64. The largest absolute Gasteiger partial charge is 0.296 e. The van der Waals surface area contributed by atoms with Crippen molar-refractivity contribution in [1.29, 1.82) is 0 Å². The SMILES string of the molecule is Brc1ccc(CN2CCN(Cc3ccc(Br)nc3)CC2)cn1. The summed E-state index contributed by atoms with van der Waals surface area (Å²) in [6, 6.07) is 8.28. The highest BCUT2D eigenvalue weighted by molar-refractivity contribution is 9.10. The van der Waals surface area contributed by atoms with Crippen LogP contribution in [0, 0.1) is 0 Å². The fourth-order valence-electron chi connectivity index (χ4n) is 2.62. The van der Waals surface area contributed by atoms with Crippen LogP contribution in [-0.2, 0) is 13.1 Å². The predicted molar refractivity (Wildman–Crippen MR) is 94.4 cm³/mol. The quantitative estimate of drug-likeness (QED) is 0.703. The van der Waals surface area contributed by atoms with Crippen LogP contribution >= 0.6 is 31.9 Å². The summed E-state index contributed by atoms with van der Waals surface area (Å²) in [5.41, 5.74) is 2.54. The molecule has 1 aliphatic heterocycles. The van der Waals surface area contributed by atoms with Crippen molar-refractivity contribution in [2.24, 2.45) is 0 Å². The molecule has 116 valence electrons. The van der Waals surface area contributed by atoms with Gasteiger partial charge in [0.1, 0.15) is 9.21 Å². The van der Waals surface area contributed by atoms with E-state index in [-0.39, 0.29) is 0 Å². The summed E-state index contributed by atoms with van der Waals surface area (Å²) in [7, 11) is 0.